The van der Waals surface area contributed by atoms with E-state index in [0.717, 1.165) is 13.1 Å². The first-order valence-electron chi connectivity index (χ1n) is 6.61. The molecular weight excluding hydrogens is 242 g/mol. The minimum Gasteiger partial charge on any atom is -0.481 e. The summed E-state index contributed by atoms with van der Waals surface area (Å²) in [7, 11) is 0. The van der Waals surface area contributed by atoms with Crippen molar-refractivity contribution < 1.29 is 14.6 Å². The Kier molecular flexibility index (Phi) is 4.22. The van der Waals surface area contributed by atoms with Gasteiger partial charge in [0.25, 0.3) is 0 Å². The fraction of sp³-hybridized carbons (Fsp3) is 0.533. The number of nitrogens with zero attached hydrogens (tertiary/aromatic N) is 1. The van der Waals surface area contributed by atoms with Crippen LogP contribution in [0.3, 0.4) is 0 Å². The zero-order valence-electron chi connectivity index (χ0n) is 11.5. The second kappa shape index (κ2) is 5.72. The van der Waals surface area contributed by atoms with Crippen molar-refractivity contribution in [1.29, 1.82) is 0 Å². The molecule has 0 aromatic heterocycles. The van der Waals surface area contributed by atoms with Gasteiger partial charge in [0.2, 0.25) is 0 Å². The molecule has 0 aliphatic carbocycles. The average molecular weight is 263 g/mol. The Morgan fingerprint density at radius 3 is 2.74 bits per heavy atom. The van der Waals surface area contributed by atoms with Crippen LogP contribution in [0, 0.1) is 5.41 Å². The first kappa shape index (κ1) is 14.0. The number of benzene rings is 1. The Hall–Kier alpha value is -1.39. The molecule has 4 heteroatoms. The number of hydrogen-bond donors (Lipinski definition) is 1. The topological polar surface area (TPSA) is 49.8 Å². The quantitative estimate of drug-likeness (QED) is 0.902. The van der Waals surface area contributed by atoms with Crippen molar-refractivity contribution in [3.63, 3.8) is 0 Å². The summed E-state index contributed by atoms with van der Waals surface area (Å²) in [5, 5.41) is 9.27. The second-order valence-corrected chi connectivity index (χ2v) is 5.61. The molecule has 0 spiro atoms. The number of morpholine rings is 1. The number of ether oxygens (including phenoxy) is 1. The molecule has 1 N–H and O–H groups in total. The lowest BCUT2D eigenvalue weighted by atomic mass is 9.85. The molecule has 19 heavy (non-hydrogen) atoms. The average Bonchev–Trinajstić information content (AvgIpc) is 2.40. The van der Waals surface area contributed by atoms with Gasteiger partial charge in [0.15, 0.2) is 0 Å². The zero-order valence-corrected chi connectivity index (χ0v) is 11.5. The summed E-state index contributed by atoms with van der Waals surface area (Å²) in [5.41, 5.74) is 0.395. The summed E-state index contributed by atoms with van der Waals surface area (Å²) >= 11 is 0. The van der Waals surface area contributed by atoms with Crippen LogP contribution in [0.4, 0.5) is 0 Å². The lowest BCUT2D eigenvalue weighted by Crippen LogP contribution is -2.51. The highest BCUT2D eigenvalue weighted by Crippen LogP contribution is 2.27. The minimum absolute atomic E-state index is 0.262. The highest BCUT2D eigenvalue weighted by Gasteiger charge is 2.40. The van der Waals surface area contributed by atoms with Gasteiger partial charge < -0.3 is 9.84 Å². The minimum atomic E-state index is -0.852. The highest BCUT2D eigenvalue weighted by molar-refractivity contribution is 5.74. The van der Waals surface area contributed by atoms with E-state index in [4.69, 9.17) is 4.74 Å². The van der Waals surface area contributed by atoms with Gasteiger partial charge in [-0.05, 0) is 19.4 Å². The van der Waals surface area contributed by atoms with Gasteiger partial charge in [-0.2, -0.15) is 0 Å². The van der Waals surface area contributed by atoms with E-state index in [1.54, 1.807) is 13.8 Å². The van der Waals surface area contributed by atoms with Crippen molar-refractivity contribution in [2.24, 2.45) is 5.41 Å². The van der Waals surface area contributed by atoms with Crippen LogP contribution in [-0.4, -0.2) is 41.8 Å². The Labute approximate surface area is 114 Å². The van der Waals surface area contributed by atoms with E-state index in [1.807, 2.05) is 18.2 Å². The number of carbonyl (C=O) groups is 1. The van der Waals surface area contributed by atoms with Crippen LogP contribution in [0.15, 0.2) is 30.3 Å². The Morgan fingerprint density at radius 1 is 1.42 bits per heavy atom. The summed E-state index contributed by atoms with van der Waals surface area (Å²) in [4.78, 5) is 13.5. The maximum Gasteiger partial charge on any atom is 0.311 e. The van der Waals surface area contributed by atoms with Crippen molar-refractivity contribution in [1.82, 2.24) is 4.90 Å². The van der Waals surface area contributed by atoms with Crippen molar-refractivity contribution in [3.8, 4) is 0 Å². The maximum absolute atomic E-state index is 11.3. The molecule has 1 unspecified atom stereocenters. The van der Waals surface area contributed by atoms with Gasteiger partial charge in [-0.1, -0.05) is 30.3 Å². The van der Waals surface area contributed by atoms with E-state index < -0.39 is 11.4 Å². The predicted octanol–water partition coefficient (Wildman–Crippen LogP) is 2.00. The third-order valence-corrected chi connectivity index (χ3v) is 3.76. The first-order chi connectivity index (χ1) is 9.00. The van der Waals surface area contributed by atoms with Crippen LogP contribution in [0.25, 0.3) is 0 Å². The third kappa shape index (κ3) is 3.33. The van der Waals surface area contributed by atoms with Crippen LogP contribution in [-0.2, 0) is 16.1 Å². The summed E-state index contributed by atoms with van der Waals surface area (Å²) < 4.78 is 5.65. The highest BCUT2D eigenvalue weighted by atomic mass is 16.5. The third-order valence-electron chi connectivity index (χ3n) is 3.76. The first-order valence-corrected chi connectivity index (χ1v) is 6.61. The van der Waals surface area contributed by atoms with Gasteiger partial charge in [-0.25, -0.2) is 0 Å². The van der Waals surface area contributed by atoms with Gasteiger partial charge in [0, 0.05) is 19.6 Å². The molecule has 1 aliphatic rings. The predicted molar refractivity (Wildman–Crippen MR) is 72.9 cm³/mol. The largest absolute Gasteiger partial charge is 0.481 e. The molecular formula is C15H21NO3. The molecule has 4 nitrogen and oxygen atoms in total. The van der Waals surface area contributed by atoms with E-state index in [9.17, 15) is 9.90 Å². The molecule has 1 heterocycles. The number of carboxylic acid groups (broad SMARTS) is 1. The second-order valence-electron chi connectivity index (χ2n) is 5.61. The summed E-state index contributed by atoms with van der Waals surface area (Å²) in [6, 6.07) is 10.2. The van der Waals surface area contributed by atoms with Gasteiger partial charge in [0.1, 0.15) is 0 Å². The van der Waals surface area contributed by atoms with E-state index in [2.05, 4.69) is 17.0 Å². The summed E-state index contributed by atoms with van der Waals surface area (Å²) in [6.07, 6.45) is -0.262. The smallest absolute Gasteiger partial charge is 0.311 e. The van der Waals surface area contributed by atoms with Gasteiger partial charge in [-0.3, -0.25) is 9.69 Å². The number of hydrogen-bond acceptors (Lipinski definition) is 3. The van der Waals surface area contributed by atoms with E-state index >= 15 is 0 Å². The molecule has 2 rings (SSSR count). The van der Waals surface area contributed by atoms with Crippen LogP contribution in [0.5, 0.6) is 0 Å². The summed E-state index contributed by atoms with van der Waals surface area (Å²) in [6.45, 7) is 6.40. The monoisotopic (exact) mass is 263 g/mol. The van der Waals surface area contributed by atoms with Crippen LogP contribution in [0.1, 0.15) is 19.4 Å². The van der Waals surface area contributed by atoms with Gasteiger partial charge >= 0.3 is 5.97 Å². The van der Waals surface area contributed by atoms with E-state index in [0.29, 0.717) is 13.2 Å². The standard InChI is InChI=1S/C15H21NO3/c1-15(2,14(17)18)13-11-16(8-9-19-13)10-12-6-4-3-5-7-12/h3-7,13H,8-11H2,1-2H3,(H,17,18). The summed E-state index contributed by atoms with van der Waals surface area (Å²) in [5.74, 6) is -0.806. The molecule has 1 fully saturated rings. The number of carboxylic acids is 1. The Balaban J connectivity index is 2.00. The normalized spacial score (nSPS) is 21.3. The molecule has 0 bridgehead atoms. The van der Waals surface area contributed by atoms with Gasteiger partial charge in [-0.15, -0.1) is 0 Å². The number of aliphatic carboxylic acids is 1. The maximum atomic E-state index is 11.3. The van der Waals surface area contributed by atoms with Crippen LogP contribution < -0.4 is 0 Å². The molecule has 1 aliphatic heterocycles. The molecule has 0 amide bonds. The molecule has 0 saturated carbocycles. The fourth-order valence-corrected chi connectivity index (χ4v) is 2.26. The Bertz CT molecular complexity index is 430. The molecule has 0 radical (unpaired) electrons. The number of rotatable bonds is 4. The van der Waals surface area contributed by atoms with Crippen molar-refractivity contribution in [3.05, 3.63) is 35.9 Å². The molecule has 1 aromatic carbocycles. The van der Waals surface area contributed by atoms with Crippen molar-refractivity contribution in [2.75, 3.05) is 19.7 Å². The Morgan fingerprint density at radius 2 is 2.11 bits per heavy atom. The van der Waals surface area contributed by atoms with Crippen molar-refractivity contribution in [2.45, 2.75) is 26.5 Å². The zero-order chi connectivity index (χ0) is 13.9. The SMILES string of the molecule is CC(C)(C(=O)O)C1CN(Cc2ccccc2)CCO1. The van der Waals surface area contributed by atoms with E-state index in [-0.39, 0.29) is 6.10 Å². The van der Waals surface area contributed by atoms with Crippen LogP contribution in [0.2, 0.25) is 0 Å². The van der Waals surface area contributed by atoms with Crippen molar-refractivity contribution >= 4 is 5.97 Å². The molecule has 1 aromatic rings. The lowest BCUT2D eigenvalue weighted by molar-refractivity contribution is -0.162. The molecule has 104 valence electrons. The van der Waals surface area contributed by atoms with Crippen LogP contribution >= 0.6 is 0 Å². The molecule has 1 atom stereocenters. The van der Waals surface area contributed by atoms with Gasteiger partial charge in [0.05, 0.1) is 18.1 Å². The molecule has 1 saturated heterocycles. The fourth-order valence-electron chi connectivity index (χ4n) is 2.26. The lowest BCUT2D eigenvalue weighted by Gasteiger charge is -2.39. The van der Waals surface area contributed by atoms with E-state index in [1.165, 1.54) is 5.56 Å².